The molecule has 1 amide bonds. The molecule has 4 aromatic rings. The fourth-order valence-corrected chi connectivity index (χ4v) is 3.41. The predicted octanol–water partition coefficient (Wildman–Crippen LogP) is 2.48. The zero-order valence-corrected chi connectivity index (χ0v) is 16.5. The average Bonchev–Trinajstić information content (AvgIpc) is 2.70. The summed E-state index contributed by atoms with van der Waals surface area (Å²) < 4.78 is 3.04. The summed E-state index contributed by atoms with van der Waals surface area (Å²) in [6, 6.07) is 12.7. The molecule has 0 saturated carbocycles. The molecule has 0 radical (unpaired) electrons. The molecule has 3 heterocycles. The van der Waals surface area contributed by atoms with Gasteiger partial charge in [0.2, 0.25) is 0 Å². The van der Waals surface area contributed by atoms with Crippen molar-refractivity contribution >= 4 is 22.6 Å². The lowest BCUT2D eigenvalue weighted by molar-refractivity contribution is 0.0953. The lowest BCUT2D eigenvalue weighted by atomic mass is 10.1. The van der Waals surface area contributed by atoms with Gasteiger partial charge in [-0.2, -0.15) is 0 Å². The second-order valence-electron chi connectivity index (χ2n) is 6.98. The zero-order valence-electron chi connectivity index (χ0n) is 16.5. The van der Waals surface area contributed by atoms with Crippen LogP contribution in [0.4, 0.5) is 0 Å². The highest BCUT2D eigenvalue weighted by atomic mass is 16.1. The van der Waals surface area contributed by atoms with Crippen molar-refractivity contribution in [1.82, 2.24) is 19.3 Å². The van der Waals surface area contributed by atoms with Gasteiger partial charge < -0.3 is 5.32 Å². The number of nitrogens with zero attached hydrogens (tertiary/aromatic N) is 3. The van der Waals surface area contributed by atoms with Crippen LogP contribution in [0.5, 0.6) is 0 Å². The second kappa shape index (κ2) is 7.01. The third-order valence-electron chi connectivity index (χ3n) is 4.92. The van der Waals surface area contributed by atoms with Gasteiger partial charge in [-0.3, -0.25) is 24.0 Å². The molecule has 0 atom stereocenters. The lowest BCUT2D eigenvalue weighted by Gasteiger charge is -2.15. The number of aryl methyl sites for hydroxylation is 2. The van der Waals surface area contributed by atoms with E-state index in [0.29, 0.717) is 23.5 Å². The van der Waals surface area contributed by atoms with Gasteiger partial charge in [-0.15, -0.1) is 0 Å². The highest BCUT2D eigenvalue weighted by Crippen LogP contribution is 2.17. The summed E-state index contributed by atoms with van der Waals surface area (Å²) in [7, 11) is 0. The van der Waals surface area contributed by atoms with E-state index in [2.05, 4.69) is 5.32 Å². The second-order valence-corrected chi connectivity index (χ2v) is 6.98. The van der Waals surface area contributed by atoms with Crippen LogP contribution in [0.3, 0.4) is 0 Å². The van der Waals surface area contributed by atoms with Gasteiger partial charge in [0.15, 0.2) is 5.65 Å². The van der Waals surface area contributed by atoms with Gasteiger partial charge in [0.05, 0.1) is 10.9 Å². The number of rotatable bonds is 3. The molecular formula is C22H21N5O2. The molecule has 7 heteroatoms. The summed E-state index contributed by atoms with van der Waals surface area (Å²) in [6.45, 7) is 6.09. The highest BCUT2D eigenvalue weighted by Gasteiger charge is 2.18. The number of amides is 1. The van der Waals surface area contributed by atoms with Gasteiger partial charge in [-0.05, 0) is 50.6 Å². The van der Waals surface area contributed by atoms with Gasteiger partial charge in [-0.25, -0.2) is 4.98 Å². The normalized spacial score (nSPS) is 11.1. The SMILES string of the molecule is CCNC(=O)c1cc2c(=O)n3cccc(C)c3nc2n(-c2ccc(C)cc2)c1=N. The van der Waals surface area contributed by atoms with E-state index >= 15 is 0 Å². The maximum Gasteiger partial charge on any atom is 0.267 e. The summed E-state index contributed by atoms with van der Waals surface area (Å²) in [5, 5.41) is 11.7. The molecule has 7 nitrogen and oxygen atoms in total. The molecule has 0 aliphatic rings. The molecule has 29 heavy (non-hydrogen) atoms. The maximum atomic E-state index is 13.2. The zero-order chi connectivity index (χ0) is 20.7. The Labute approximate surface area is 166 Å². The number of carbonyl (C=O) groups is 1. The van der Waals surface area contributed by atoms with Gasteiger partial charge in [-0.1, -0.05) is 23.8 Å². The van der Waals surface area contributed by atoms with Crippen LogP contribution in [0.25, 0.3) is 22.4 Å². The van der Waals surface area contributed by atoms with Crippen LogP contribution in [0.15, 0.2) is 53.5 Å². The van der Waals surface area contributed by atoms with E-state index in [0.717, 1.165) is 11.1 Å². The van der Waals surface area contributed by atoms with Gasteiger partial charge in [0, 0.05) is 18.4 Å². The third-order valence-corrected chi connectivity index (χ3v) is 4.92. The van der Waals surface area contributed by atoms with Crippen molar-refractivity contribution in [3.8, 4) is 5.69 Å². The van der Waals surface area contributed by atoms with Crippen LogP contribution in [-0.2, 0) is 0 Å². The number of nitrogens with one attached hydrogen (secondary N) is 2. The third kappa shape index (κ3) is 3.00. The number of hydrogen-bond acceptors (Lipinski definition) is 4. The van der Waals surface area contributed by atoms with Crippen molar-refractivity contribution in [3.63, 3.8) is 0 Å². The average molecular weight is 387 g/mol. The number of benzene rings is 1. The number of hydrogen-bond donors (Lipinski definition) is 2. The first kappa shape index (κ1) is 18.6. The molecule has 0 spiro atoms. The van der Waals surface area contributed by atoms with Crippen LogP contribution in [0, 0.1) is 19.3 Å². The molecule has 0 bridgehead atoms. The molecule has 3 aromatic heterocycles. The summed E-state index contributed by atoms with van der Waals surface area (Å²) >= 11 is 0. The molecular weight excluding hydrogens is 366 g/mol. The minimum absolute atomic E-state index is 0.0165. The first-order valence-corrected chi connectivity index (χ1v) is 9.40. The maximum absolute atomic E-state index is 13.2. The Balaban J connectivity index is 2.21. The first-order chi connectivity index (χ1) is 13.9. The summed E-state index contributed by atoms with van der Waals surface area (Å²) in [4.78, 5) is 30.6. The van der Waals surface area contributed by atoms with E-state index in [1.54, 1.807) is 16.8 Å². The molecule has 0 fully saturated rings. The van der Waals surface area contributed by atoms with Gasteiger partial charge in [0.25, 0.3) is 11.5 Å². The highest BCUT2D eigenvalue weighted by molar-refractivity contribution is 5.97. The standard InChI is InChI=1S/C22H21N5O2/c1-4-24-21(28)16-12-17-20(25-19-14(3)6-5-11-26(19)22(17)29)27(18(16)23)15-9-7-13(2)8-10-15/h5-12,23H,4H2,1-3H3,(H,24,28). The first-order valence-electron chi connectivity index (χ1n) is 9.40. The summed E-state index contributed by atoms with van der Waals surface area (Å²) in [5.41, 5.74) is 3.30. The van der Waals surface area contributed by atoms with Crippen LogP contribution in [0.1, 0.15) is 28.4 Å². The van der Waals surface area contributed by atoms with Crippen LogP contribution < -0.4 is 16.4 Å². The fourth-order valence-electron chi connectivity index (χ4n) is 3.41. The Kier molecular flexibility index (Phi) is 4.50. The Morgan fingerprint density at radius 2 is 1.86 bits per heavy atom. The molecule has 0 saturated heterocycles. The van der Waals surface area contributed by atoms with Crippen molar-refractivity contribution < 1.29 is 4.79 Å². The van der Waals surface area contributed by atoms with Gasteiger partial charge in [0.1, 0.15) is 11.1 Å². The topological polar surface area (TPSA) is 92.2 Å². The number of pyridine rings is 2. The minimum atomic E-state index is -0.394. The summed E-state index contributed by atoms with van der Waals surface area (Å²) in [5.74, 6) is -0.394. The molecule has 2 N–H and O–H groups in total. The monoisotopic (exact) mass is 387 g/mol. The Bertz CT molecular complexity index is 1380. The van der Waals surface area contributed by atoms with E-state index in [9.17, 15) is 9.59 Å². The largest absolute Gasteiger partial charge is 0.352 e. The van der Waals surface area contributed by atoms with Gasteiger partial charge >= 0.3 is 0 Å². The van der Waals surface area contributed by atoms with E-state index in [1.807, 2.05) is 51.1 Å². The van der Waals surface area contributed by atoms with Crippen molar-refractivity contribution in [2.75, 3.05) is 6.54 Å². The van der Waals surface area contributed by atoms with E-state index in [1.165, 1.54) is 10.5 Å². The lowest BCUT2D eigenvalue weighted by Crippen LogP contribution is -2.34. The van der Waals surface area contributed by atoms with E-state index in [4.69, 9.17) is 10.4 Å². The van der Waals surface area contributed by atoms with Crippen molar-refractivity contribution in [2.45, 2.75) is 20.8 Å². The van der Waals surface area contributed by atoms with Crippen molar-refractivity contribution in [2.24, 2.45) is 0 Å². The number of carbonyl (C=O) groups excluding carboxylic acids is 1. The van der Waals surface area contributed by atoms with Crippen molar-refractivity contribution in [3.05, 3.63) is 81.2 Å². The Morgan fingerprint density at radius 1 is 1.14 bits per heavy atom. The van der Waals surface area contributed by atoms with Crippen LogP contribution in [-0.4, -0.2) is 26.4 Å². The molecule has 4 rings (SSSR count). The predicted molar refractivity (Wildman–Crippen MR) is 112 cm³/mol. The van der Waals surface area contributed by atoms with E-state index in [-0.39, 0.29) is 22.0 Å². The Morgan fingerprint density at radius 3 is 2.55 bits per heavy atom. The number of aromatic nitrogens is 3. The fraction of sp³-hybridized carbons (Fsp3) is 0.182. The minimum Gasteiger partial charge on any atom is -0.352 e. The molecule has 1 aromatic carbocycles. The van der Waals surface area contributed by atoms with Crippen LogP contribution >= 0.6 is 0 Å². The molecule has 0 aliphatic carbocycles. The van der Waals surface area contributed by atoms with Crippen molar-refractivity contribution in [1.29, 1.82) is 5.41 Å². The van der Waals surface area contributed by atoms with Crippen LogP contribution in [0.2, 0.25) is 0 Å². The smallest absolute Gasteiger partial charge is 0.267 e. The quantitative estimate of drug-likeness (QED) is 0.529. The molecule has 146 valence electrons. The van der Waals surface area contributed by atoms with E-state index < -0.39 is 5.91 Å². The molecule has 0 unspecified atom stereocenters. The summed E-state index contributed by atoms with van der Waals surface area (Å²) in [6.07, 6.45) is 1.66. The Hall–Kier alpha value is -3.74. The number of fused-ring (bicyclic) bond motifs is 2. The molecule has 0 aliphatic heterocycles.